The molecule has 0 bridgehead atoms. The number of anilines is 2. The van der Waals surface area contributed by atoms with Crippen molar-refractivity contribution >= 4 is 44.8 Å². The van der Waals surface area contributed by atoms with Crippen LogP contribution in [0.2, 0.25) is 0 Å². The molecule has 4 rings (SSSR count). The fourth-order valence-electron chi connectivity index (χ4n) is 3.70. The van der Waals surface area contributed by atoms with Crippen molar-refractivity contribution < 1.29 is 14.3 Å². The van der Waals surface area contributed by atoms with Gasteiger partial charge in [-0.05, 0) is 46.1 Å². The van der Waals surface area contributed by atoms with Gasteiger partial charge in [-0.2, -0.15) is 0 Å². The van der Waals surface area contributed by atoms with Crippen LogP contribution in [0.4, 0.5) is 10.3 Å². The van der Waals surface area contributed by atoms with E-state index in [-0.39, 0.29) is 30.4 Å². The summed E-state index contributed by atoms with van der Waals surface area (Å²) in [5, 5.41) is 16.0. The Hall–Kier alpha value is -1.95. The summed E-state index contributed by atoms with van der Waals surface area (Å²) >= 11 is 2.85. The van der Waals surface area contributed by atoms with E-state index in [1.165, 1.54) is 22.7 Å². The van der Waals surface area contributed by atoms with Crippen LogP contribution in [0, 0.1) is 19.8 Å². The number of amides is 2. The van der Waals surface area contributed by atoms with Gasteiger partial charge in [0.1, 0.15) is 11.1 Å². The first-order chi connectivity index (χ1) is 14.5. The highest BCUT2D eigenvalue weighted by Crippen LogP contribution is 2.32. The van der Waals surface area contributed by atoms with Gasteiger partial charge >= 0.3 is 0 Å². The van der Waals surface area contributed by atoms with E-state index in [0.717, 1.165) is 54.4 Å². The second kappa shape index (κ2) is 9.46. The van der Waals surface area contributed by atoms with E-state index in [1.807, 2.05) is 18.7 Å². The highest BCUT2D eigenvalue weighted by molar-refractivity contribution is 7.16. The van der Waals surface area contributed by atoms with Gasteiger partial charge in [-0.15, -0.1) is 21.5 Å². The van der Waals surface area contributed by atoms with E-state index >= 15 is 0 Å². The van der Waals surface area contributed by atoms with Gasteiger partial charge in [-0.3, -0.25) is 14.5 Å². The Labute approximate surface area is 183 Å². The van der Waals surface area contributed by atoms with E-state index in [4.69, 9.17) is 4.74 Å². The number of piperidine rings is 1. The molecule has 4 heterocycles. The Balaban J connectivity index is 1.27. The molecule has 0 aliphatic carbocycles. The van der Waals surface area contributed by atoms with E-state index in [0.29, 0.717) is 16.8 Å². The van der Waals surface area contributed by atoms with Crippen LogP contribution in [-0.2, 0) is 14.3 Å². The normalized spacial score (nSPS) is 22.2. The average Bonchev–Trinajstić information content (AvgIpc) is 3.44. The molecule has 2 aliphatic rings. The molecule has 2 atom stereocenters. The molecule has 0 saturated carbocycles. The number of carbonyl (C=O) groups is 2. The number of thiazole rings is 1. The first kappa shape index (κ1) is 21.3. The number of nitrogens with one attached hydrogen (secondary N) is 2. The van der Waals surface area contributed by atoms with Crippen LogP contribution in [0.15, 0.2) is 0 Å². The van der Waals surface area contributed by atoms with Crippen LogP contribution in [0.1, 0.15) is 47.4 Å². The molecule has 0 radical (unpaired) electrons. The number of hydrogen-bond donors (Lipinski definition) is 2. The third kappa shape index (κ3) is 5.20. The number of rotatable bonds is 6. The standard InChI is InChI=1S/C19H26N6O3S2/c1-11-12(2)29-18(20-11)21-15(26)10-25-7-3-5-13(9-25)16(27)22-19-24-23-17(30-19)14-6-4-8-28-14/h13-14H,3-10H2,1-2H3,(H,20,21,26)(H,22,24,27). The summed E-state index contributed by atoms with van der Waals surface area (Å²) in [5.41, 5.74) is 0.935. The Kier molecular flexibility index (Phi) is 6.71. The van der Waals surface area contributed by atoms with Crippen LogP contribution in [0.5, 0.6) is 0 Å². The monoisotopic (exact) mass is 450 g/mol. The predicted molar refractivity (Wildman–Crippen MR) is 116 cm³/mol. The van der Waals surface area contributed by atoms with Crippen LogP contribution < -0.4 is 10.6 Å². The lowest BCUT2D eigenvalue weighted by Gasteiger charge is -2.31. The molecule has 2 fully saturated rings. The average molecular weight is 451 g/mol. The van der Waals surface area contributed by atoms with Crippen molar-refractivity contribution in [2.45, 2.75) is 45.6 Å². The van der Waals surface area contributed by atoms with E-state index in [1.54, 1.807) is 0 Å². The van der Waals surface area contributed by atoms with Gasteiger partial charge in [0.25, 0.3) is 0 Å². The number of likely N-dealkylation sites (tertiary alicyclic amines) is 1. The maximum Gasteiger partial charge on any atom is 0.240 e. The van der Waals surface area contributed by atoms with Crippen molar-refractivity contribution in [2.75, 3.05) is 36.9 Å². The van der Waals surface area contributed by atoms with Crippen LogP contribution in [0.3, 0.4) is 0 Å². The van der Waals surface area contributed by atoms with Crippen molar-refractivity contribution in [3.63, 3.8) is 0 Å². The van der Waals surface area contributed by atoms with Gasteiger partial charge in [-0.1, -0.05) is 11.3 Å². The second-order valence-corrected chi connectivity index (χ2v) is 9.93. The lowest BCUT2D eigenvalue weighted by Crippen LogP contribution is -2.43. The minimum atomic E-state index is -0.175. The first-order valence-electron chi connectivity index (χ1n) is 10.2. The number of hydrogen-bond acceptors (Lipinski definition) is 9. The van der Waals surface area contributed by atoms with Gasteiger partial charge in [0.2, 0.25) is 16.9 Å². The predicted octanol–water partition coefficient (Wildman–Crippen LogP) is 2.75. The molecule has 2 aromatic rings. The Bertz CT molecular complexity index is 888. The van der Waals surface area contributed by atoms with Gasteiger partial charge in [0, 0.05) is 18.0 Å². The van der Waals surface area contributed by atoms with Crippen LogP contribution in [-0.4, -0.2) is 58.1 Å². The van der Waals surface area contributed by atoms with Gasteiger partial charge in [0.05, 0.1) is 18.2 Å². The molecule has 162 valence electrons. The molecule has 2 aromatic heterocycles. The molecule has 2 aliphatic heterocycles. The second-order valence-electron chi connectivity index (χ2n) is 7.72. The van der Waals surface area contributed by atoms with Crippen LogP contribution >= 0.6 is 22.7 Å². The molecule has 2 amide bonds. The number of carbonyl (C=O) groups excluding carboxylic acids is 2. The molecule has 30 heavy (non-hydrogen) atoms. The summed E-state index contributed by atoms with van der Waals surface area (Å²) in [6, 6.07) is 0. The summed E-state index contributed by atoms with van der Waals surface area (Å²) in [4.78, 5) is 32.6. The Morgan fingerprint density at radius 3 is 2.73 bits per heavy atom. The lowest BCUT2D eigenvalue weighted by molar-refractivity contribution is -0.123. The summed E-state index contributed by atoms with van der Waals surface area (Å²) in [5.74, 6) is -0.345. The molecule has 0 spiro atoms. The van der Waals surface area contributed by atoms with Gasteiger partial charge < -0.3 is 15.4 Å². The van der Waals surface area contributed by atoms with Gasteiger partial charge in [0.15, 0.2) is 5.13 Å². The highest BCUT2D eigenvalue weighted by atomic mass is 32.1. The Morgan fingerprint density at radius 2 is 2.00 bits per heavy atom. The molecule has 0 aromatic carbocycles. The first-order valence-corrected chi connectivity index (χ1v) is 11.8. The maximum absolute atomic E-state index is 12.7. The zero-order valence-corrected chi connectivity index (χ0v) is 18.8. The van der Waals surface area contributed by atoms with Crippen molar-refractivity contribution in [2.24, 2.45) is 5.92 Å². The summed E-state index contributed by atoms with van der Waals surface area (Å²) in [7, 11) is 0. The largest absolute Gasteiger partial charge is 0.371 e. The molecule has 2 saturated heterocycles. The fourth-order valence-corrected chi connectivity index (χ4v) is 5.36. The number of nitrogens with zero attached hydrogens (tertiary/aromatic N) is 4. The van der Waals surface area contributed by atoms with Crippen molar-refractivity contribution in [3.05, 3.63) is 15.6 Å². The Morgan fingerprint density at radius 1 is 1.13 bits per heavy atom. The number of aryl methyl sites for hydroxylation is 2. The molecular weight excluding hydrogens is 424 g/mol. The summed E-state index contributed by atoms with van der Waals surface area (Å²) in [6.45, 7) is 6.26. The topological polar surface area (TPSA) is 109 Å². The highest BCUT2D eigenvalue weighted by Gasteiger charge is 2.28. The van der Waals surface area contributed by atoms with E-state index in [2.05, 4.69) is 25.8 Å². The minimum absolute atomic E-state index is 0.00208. The zero-order chi connectivity index (χ0) is 21.1. The van der Waals surface area contributed by atoms with E-state index in [9.17, 15) is 9.59 Å². The fraction of sp³-hybridized carbons (Fsp3) is 0.632. The van der Waals surface area contributed by atoms with Crippen molar-refractivity contribution in [3.8, 4) is 0 Å². The lowest BCUT2D eigenvalue weighted by atomic mass is 9.97. The zero-order valence-electron chi connectivity index (χ0n) is 17.1. The quantitative estimate of drug-likeness (QED) is 0.696. The molecule has 9 nitrogen and oxygen atoms in total. The summed E-state index contributed by atoms with van der Waals surface area (Å²) < 4.78 is 5.62. The van der Waals surface area contributed by atoms with Gasteiger partial charge in [-0.25, -0.2) is 4.98 Å². The molecule has 2 N–H and O–H groups in total. The number of ether oxygens (including phenoxy) is 1. The third-order valence-corrected chi connectivity index (χ3v) is 7.31. The third-order valence-electron chi connectivity index (χ3n) is 5.39. The smallest absolute Gasteiger partial charge is 0.240 e. The molecule has 2 unspecified atom stereocenters. The SMILES string of the molecule is Cc1nc(NC(=O)CN2CCCC(C(=O)Nc3nnc(C4CCCO4)s3)C2)sc1C. The van der Waals surface area contributed by atoms with Crippen LogP contribution in [0.25, 0.3) is 0 Å². The van der Waals surface area contributed by atoms with Crippen molar-refractivity contribution in [1.82, 2.24) is 20.1 Å². The minimum Gasteiger partial charge on any atom is -0.371 e. The summed E-state index contributed by atoms with van der Waals surface area (Å²) in [6.07, 6.45) is 3.65. The van der Waals surface area contributed by atoms with Crippen molar-refractivity contribution in [1.29, 1.82) is 0 Å². The number of aromatic nitrogens is 3. The maximum atomic E-state index is 12.7. The molecule has 11 heteroatoms. The molecular formula is C19H26N6O3S2. The van der Waals surface area contributed by atoms with E-state index < -0.39 is 0 Å².